The number of halogens is 1. The summed E-state index contributed by atoms with van der Waals surface area (Å²) >= 11 is 4.79. The summed E-state index contributed by atoms with van der Waals surface area (Å²) in [7, 11) is 0. The number of imidazole rings is 1. The minimum Gasteiger partial charge on any atom is -0.303 e. The molecule has 3 aromatic carbocycles. The molecule has 0 atom stereocenters. The first-order chi connectivity index (χ1) is 15.5. The topological polar surface area (TPSA) is 54.7 Å². The number of nitrogens with zero attached hydrogens (tertiary/aromatic N) is 3. The molecule has 0 radical (unpaired) electrons. The highest BCUT2D eigenvalue weighted by molar-refractivity contribution is 9.10. The van der Waals surface area contributed by atoms with E-state index in [9.17, 15) is 9.59 Å². The summed E-state index contributed by atoms with van der Waals surface area (Å²) in [6.07, 6.45) is 0. The molecule has 0 saturated heterocycles. The molecule has 0 saturated carbocycles. The van der Waals surface area contributed by atoms with Gasteiger partial charge in [-0.25, -0.2) is 9.38 Å². The number of rotatable bonds is 2. The summed E-state index contributed by atoms with van der Waals surface area (Å²) in [5.74, 6) is -0.162. The number of fused-ring (bicyclic) bond motifs is 4. The predicted octanol–water partition coefficient (Wildman–Crippen LogP) is 4.44. The highest BCUT2D eigenvalue weighted by Gasteiger charge is 2.34. The zero-order valence-electron chi connectivity index (χ0n) is 17.0. The zero-order valence-corrected chi connectivity index (χ0v) is 19.4. The van der Waals surface area contributed by atoms with E-state index in [1.807, 2.05) is 73.7 Å². The van der Waals surface area contributed by atoms with E-state index >= 15 is 0 Å². The molecule has 156 valence electrons. The van der Waals surface area contributed by atoms with Crippen LogP contribution in [0.25, 0.3) is 21.6 Å². The maximum Gasteiger partial charge on any atom is 0.275 e. The average molecular weight is 502 g/mol. The Bertz CT molecular complexity index is 1670. The molecule has 0 bridgehead atoms. The van der Waals surface area contributed by atoms with Crippen LogP contribution in [0.1, 0.15) is 16.7 Å². The number of aryl methyl sites for hydroxylation is 1. The maximum absolute atomic E-state index is 13.7. The number of hydrogen-bond donors (Lipinski definition) is 0. The molecule has 1 amide bonds. The molecule has 5 aromatic rings. The minimum atomic E-state index is -0.204. The number of benzene rings is 3. The molecule has 0 unspecified atom stereocenters. The van der Waals surface area contributed by atoms with Crippen molar-refractivity contribution in [2.24, 2.45) is 0 Å². The Kier molecular flexibility index (Phi) is 4.31. The van der Waals surface area contributed by atoms with Crippen LogP contribution in [0.5, 0.6) is 0 Å². The monoisotopic (exact) mass is 501 g/mol. The Hall–Kier alpha value is -3.29. The van der Waals surface area contributed by atoms with Gasteiger partial charge in [-0.2, -0.15) is 0 Å². The van der Waals surface area contributed by atoms with Gasteiger partial charge in [0.05, 0.1) is 28.8 Å². The van der Waals surface area contributed by atoms with Crippen molar-refractivity contribution >= 4 is 60.4 Å². The third-order valence-electron chi connectivity index (χ3n) is 5.79. The lowest BCUT2D eigenvalue weighted by molar-refractivity contribution is -0.113. The van der Waals surface area contributed by atoms with Gasteiger partial charge in [-0.15, -0.1) is 0 Å². The minimum absolute atomic E-state index is 0.162. The second-order valence-corrected chi connectivity index (χ2v) is 9.76. The molecule has 0 N–H and O–H groups in total. The average Bonchev–Trinajstić information content (AvgIpc) is 3.38. The molecular formula is C25H16BrN3O2S. The number of anilines is 1. The Balaban J connectivity index is 1.60. The van der Waals surface area contributed by atoms with E-state index in [0.717, 1.165) is 32.3 Å². The Morgan fingerprint density at radius 3 is 2.59 bits per heavy atom. The number of carbonyl (C=O) groups is 1. The summed E-state index contributed by atoms with van der Waals surface area (Å²) in [6.45, 7) is 2.48. The van der Waals surface area contributed by atoms with Crippen molar-refractivity contribution < 1.29 is 4.79 Å². The number of carbonyl (C=O) groups excluding carboxylic acids is 1. The predicted molar refractivity (Wildman–Crippen MR) is 131 cm³/mol. The third kappa shape index (κ3) is 2.85. The second kappa shape index (κ2) is 7.12. The van der Waals surface area contributed by atoms with Gasteiger partial charge < -0.3 is 4.90 Å². The van der Waals surface area contributed by atoms with E-state index < -0.39 is 0 Å². The lowest BCUT2D eigenvalue weighted by atomic mass is 10.1. The second-order valence-electron chi connectivity index (χ2n) is 7.87. The molecule has 32 heavy (non-hydrogen) atoms. The van der Waals surface area contributed by atoms with E-state index in [2.05, 4.69) is 20.9 Å². The van der Waals surface area contributed by atoms with Gasteiger partial charge in [0.25, 0.3) is 11.5 Å². The van der Waals surface area contributed by atoms with Crippen molar-refractivity contribution in [3.05, 3.63) is 103 Å². The van der Waals surface area contributed by atoms with Crippen LogP contribution in [0, 0.1) is 6.92 Å². The van der Waals surface area contributed by atoms with Gasteiger partial charge in [0.1, 0.15) is 4.53 Å². The molecule has 7 heteroatoms. The van der Waals surface area contributed by atoms with E-state index in [1.165, 1.54) is 16.9 Å². The third-order valence-corrected chi connectivity index (χ3v) is 7.32. The standard InChI is InChI=1S/C25H16BrN3O2S/c1-14-6-8-15(9-7-14)13-28-19-11-10-16(26)12-17(19)21(23(28)30)22-24(31)29-20-5-3-2-4-18(20)27-25(29)32-22/h2-12H,13H2,1H3/b22-21+. The highest BCUT2D eigenvalue weighted by Crippen LogP contribution is 2.38. The van der Waals surface area contributed by atoms with E-state index in [-0.39, 0.29) is 11.5 Å². The van der Waals surface area contributed by atoms with Crippen LogP contribution in [0.3, 0.4) is 0 Å². The molecule has 0 fully saturated rings. The first-order valence-electron chi connectivity index (χ1n) is 10.1. The number of aromatic nitrogens is 2. The van der Waals surface area contributed by atoms with E-state index in [0.29, 0.717) is 21.6 Å². The fourth-order valence-electron chi connectivity index (χ4n) is 4.22. The fourth-order valence-corrected chi connectivity index (χ4v) is 5.66. The van der Waals surface area contributed by atoms with Crippen LogP contribution in [-0.2, 0) is 11.3 Å². The molecule has 0 spiro atoms. The van der Waals surface area contributed by atoms with Crippen LogP contribution in [0.2, 0.25) is 0 Å². The Morgan fingerprint density at radius 1 is 1.00 bits per heavy atom. The van der Waals surface area contributed by atoms with Crippen molar-refractivity contribution in [2.75, 3.05) is 4.90 Å². The van der Waals surface area contributed by atoms with Crippen LogP contribution in [0.15, 0.2) is 76.0 Å². The number of thiazole rings is 1. The van der Waals surface area contributed by atoms with Gasteiger partial charge in [-0.05, 0) is 42.8 Å². The number of amides is 1. The maximum atomic E-state index is 13.7. The van der Waals surface area contributed by atoms with Crippen LogP contribution >= 0.6 is 27.3 Å². The molecule has 0 aliphatic carbocycles. The van der Waals surface area contributed by atoms with Gasteiger partial charge in [-0.3, -0.25) is 9.59 Å². The summed E-state index contributed by atoms with van der Waals surface area (Å²) < 4.78 is 2.89. The largest absolute Gasteiger partial charge is 0.303 e. The highest BCUT2D eigenvalue weighted by atomic mass is 79.9. The summed E-state index contributed by atoms with van der Waals surface area (Å²) in [6, 6.07) is 21.5. The Morgan fingerprint density at radius 2 is 1.78 bits per heavy atom. The van der Waals surface area contributed by atoms with E-state index in [1.54, 1.807) is 9.30 Å². The molecule has 1 aliphatic heterocycles. The van der Waals surface area contributed by atoms with Crippen molar-refractivity contribution in [1.29, 1.82) is 0 Å². The van der Waals surface area contributed by atoms with Crippen molar-refractivity contribution in [1.82, 2.24) is 9.38 Å². The van der Waals surface area contributed by atoms with Gasteiger partial charge in [0.15, 0.2) is 4.96 Å². The summed E-state index contributed by atoms with van der Waals surface area (Å²) in [5, 5.41) is 0. The van der Waals surface area contributed by atoms with Crippen LogP contribution in [-0.4, -0.2) is 15.3 Å². The summed E-state index contributed by atoms with van der Waals surface area (Å²) in [4.78, 5) is 34.1. The van der Waals surface area contributed by atoms with Gasteiger partial charge >= 0.3 is 0 Å². The quantitative estimate of drug-likeness (QED) is 0.359. The van der Waals surface area contributed by atoms with Crippen LogP contribution in [0.4, 0.5) is 5.69 Å². The molecule has 3 heterocycles. The molecule has 2 aromatic heterocycles. The molecular weight excluding hydrogens is 486 g/mol. The lowest BCUT2D eigenvalue weighted by Gasteiger charge is -2.17. The van der Waals surface area contributed by atoms with Gasteiger partial charge in [-0.1, -0.05) is 69.2 Å². The smallest absolute Gasteiger partial charge is 0.275 e. The van der Waals surface area contributed by atoms with Crippen molar-refractivity contribution in [3.8, 4) is 0 Å². The zero-order chi connectivity index (χ0) is 22.0. The SMILES string of the molecule is Cc1ccc(CN2C(=O)/C(=c3/sc4nc5ccccc5n4c3=O)c3cc(Br)ccc32)cc1. The van der Waals surface area contributed by atoms with Crippen LogP contribution < -0.4 is 15.0 Å². The Labute approximate surface area is 195 Å². The number of hydrogen-bond acceptors (Lipinski definition) is 4. The van der Waals surface area contributed by atoms with Gasteiger partial charge in [0.2, 0.25) is 0 Å². The fraction of sp³-hybridized carbons (Fsp3) is 0.0800. The molecule has 5 nitrogen and oxygen atoms in total. The first kappa shape index (κ1) is 19.4. The number of para-hydroxylation sites is 2. The first-order valence-corrected chi connectivity index (χ1v) is 11.7. The molecule has 6 rings (SSSR count). The lowest BCUT2D eigenvalue weighted by Crippen LogP contribution is -2.31. The van der Waals surface area contributed by atoms with Crippen molar-refractivity contribution in [3.63, 3.8) is 0 Å². The normalized spacial score (nSPS) is 15.2. The molecule has 1 aliphatic rings. The van der Waals surface area contributed by atoms with Gasteiger partial charge in [0, 0.05) is 10.0 Å². The van der Waals surface area contributed by atoms with E-state index in [4.69, 9.17) is 0 Å². The summed E-state index contributed by atoms with van der Waals surface area (Å²) in [5.41, 5.74) is 5.55. The van der Waals surface area contributed by atoms with Crippen molar-refractivity contribution in [2.45, 2.75) is 13.5 Å².